The van der Waals surface area contributed by atoms with E-state index in [1.54, 1.807) is 6.20 Å². The van der Waals surface area contributed by atoms with Gasteiger partial charge in [-0.3, -0.25) is 15.1 Å². The minimum absolute atomic E-state index is 0.0698. The van der Waals surface area contributed by atoms with Crippen LogP contribution in [0.25, 0.3) is 0 Å². The van der Waals surface area contributed by atoms with Crippen molar-refractivity contribution < 1.29 is 4.92 Å². The molecule has 0 amide bonds. The number of rotatable bonds is 2. The lowest BCUT2D eigenvalue weighted by atomic mass is 9.84. The van der Waals surface area contributed by atoms with Crippen molar-refractivity contribution in [1.82, 2.24) is 10.3 Å². The minimum atomic E-state index is -0.352. The number of nitrogens with one attached hydrogen (secondary N) is 1. The van der Waals surface area contributed by atoms with E-state index in [1.807, 2.05) is 0 Å². The van der Waals surface area contributed by atoms with Gasteiger partial charge in [-0.05, 0) is 41.6 Å². The Balaban J connectivity index is 2.08. The molecule has 2 fully saturated rings. The number of pyridine rings is 1. The average molecular weight is 341 g/mol. The zero-order chi connectivity index (χ0) is 14.5. The zero-order valence-corrected chi connectivity index (χ0v) is 13.1. The summed E-state index contributed by atoms with van der Waals surface area (Å²) >= 11 is 3.43. The standard InChI is InChI=1S/C13H17BrN4O2/c1-13(2)9-4-15-3-8(9)7-17(13)12-10(14)5-16-6-11(12)18(19)20/h5-6,8-9,15H,3-4,7H2,1-2H3. The summed E-state index contributed by atoms with van der Waals surface area (Å²) in [6, 6.07) is 0. The lowest BCUT2D eigenvalue weighted by Gasteiger charge is -2.37. The van der Waals surface area contributed by atoms with E-state index in [-0.39, 0.29) is 16.1 Å². The first-order chi connectivity index (χ1) is 9.43. The summed E-state index contributed by atoms with van der Waals surface area (Å²) in [5, 5.41) is 14.7. The monoisotopic (exact) mass is 340 g/mol. The molecule has 0 radical (unpaired) electrons. The second-order valence-electron chi connectivity index (χ2n) is 6.04. The predicted octanol–water partition coefficient (Wildman–Crippen LogP) is 2.19. The number of halogens is 1. The van der Waals surface area contributed by atoms with Crippen LogP contribution in [0.5, 0.6) is 0 Å². The molecular formula is C13H17BrN4O2. The van der Waals surface area contributed by atoms with Crippen LogP contribution in [-0.2, 0) is 0 Å². The summed E-state index contributed by atoms with van der Waals surface area (Å²) in [5.74, 6) is 1.06. The molecule has 108 valence electrons. The number of nitro groups is 1. The fraction of sp³-hybridized carbons (Fsp3) is 0.615. The maximum Gasteiger partial charge on any atom is 0.311 e. The summed E-state index contributed by atoms with van der Waals surface area (Å²) < 4.78 is 0.688. The molecule has 0 aromatic carbocycles. The minimum Gasteiger partial charge on any atom is -0.359 e. The molecule has 6 nitrogen and oxygen atoms in total. The highest BCUT2D eigenvalue weighted by Gasteiger charge is 2.51. The molecule has 0 spiro atoms. The molecule has 1 N–H and O–H groups in total. The molecule has 2 unspecified atom stereocenters. The van der Waals surface area contributed by atoms with E-state index in [2.05, 4.69) is 45.0 Å². The largest absolute Gasteiger partial charge is 0.359 e. The Morgan fingerprint density at radius 1 is 1.50 bits per heavy atom. The summed E-state index contributed by atoms with van der Waals surface area (Å²) in [7, 11) is 0. The van der Waals surface area contributed by atoms with Crippen molar-refractivity contribution >= 4 is 27.3 Å². The van der Waals surface area contributed by atoms with Crippen LogP contribution < -0.4 is 10.2 Å². The van der Waals surface area contributed by atoms with Crippen molar-refractivity contribution in [2.75, 3.05) is 24.5 Å². The van der Waals surface area contributed by atoms with E-state index >= 15 is 0 Å². The normalized spacial score (nSPS) is 27.6. The van der Waals surface area contributed by atoms with Crippen molar-refractivity contribution in [3.63, 3.8) is 0 Å². The maximum absolute atomic E-state index is 11.3. The van der Waals surface area contributed by atoms with Crippen LogP contribution in [0.3, 0.4) is 0 Å². The van der Waals surface area contributed by atoms with Crippen molar-refractivity contribution in [1.29, 1.82) is 0 Å². The number of hydrogen-bond donors (Lipinski definition) is 1. The summed E-state index contributed by atoms with van der Waals surface area (Å²) in [4.78, 5) is 17.0. The number of hydrogen-bond acceptors (Lipinski definition) is 5. The van der Waals surface area contributed by atoms with E-state index in [1.165, 1.54) is 6.20 Å². The van der Waals surface area contributed by atoms with E-state index in [4.69, 9.17) is 0 Å². The van der Waals surface area contributed by atoms with Gasteiger partial charge >= 0.3 is 5.69 Å². The molecule has 3 heterocycles. The van der Waals surface area contributed by atoms with Crippen molar-refractivity contribution in [3.8, 4) is 0 Å². The van der Waals surface area contributed by atoms with E-state index in [9.17, 15) is 10.1 Å². The van der Waals surface area contributed by atoms with Gasteiger partial charge in [-0.1, -0.05) is 0 Å². The van der Waals surface area contributed by atoms with Gasteiger partial charge in [0, 0.05) is 31.4 Å². The van der Waals surface area contributed by atoms with Gasteiger partial charge in [0.15, 0.2) is 0 Å². The third-order valence-electron chi connectivity index (χ3n) is 4.68. The van der Waals surface area contributed by atoms with Gasteiger partial charge in [-0.25, -0.2) is 0 Å². The van der Waals surface area contributed by atoms with Crippen LogP contribution in [0.4, 0.5) is 11.4 Å². The summed E-state index contributed by atoms with van der Waals surface area (Å²) in [6.07, 6.45) is 2.97. The van der Waals surface area contributed by atoms with Crippen LogP contribution in [0, 0.1) is 22.0 Å². The Morgan fingerprint density at radius 3 is 2.90 bits per heavy atom. The fourth-order valence-electron chi connectivity index (χ4n) is 3.62. The Bertz CT molecular complexity index is 563. The predicted molar refractivity (Wildman–Crippen MR) is 79.9 cm³/mol. The van der Waals surface area contributed by atoms with Crippen LogP contribution in [0.1, 0.15) is 13.8 Å². The molecule has 2 saturated heterocycles. The third-order valence-corrected chi connectivity index (χ3v) is 5.26. The second-order valence-corrected chi connectivity index (χ2v) is 6.89. The van der Waals surface area contributed by atoms with E-state index in [0.717, 1.165) is 19.6 Å². The van der Waals surface area contributed by atoms with Gasteiger partial charge in [-0.2, -0.15) is 0 Å². The highest BCUT2D eigenvalue weighted by Crippen LogP contribution is 2.47. The first-order valence-corrected chi connectivity index (χ1v) is 7.48. The molecule has 1 aromatic heterocycles. The molecule has 2 aliphatic rings. The number of fused-ring (bicyclic) bond motifs is 1. The van der Waals surface area contributed by atoms with Gasteiger partial charge in [0.1, 0.15) is 11.9 Å². The molecule has 20 heavy (non-hydrogen) atoms. The van der Waals surface area contributed by atoms with Crippen molar-refractivity contribution in [3.05, 3.63) is 27.0 Å². The second kappa shape index (κ2) is 4.66. The van der Waals surface area contributed by atoms with E-state index in [0.29, 0.717) is 22.0 Å². The lowest BCUT2D eigenvalue weighted by Crippen LogP contribution is -2.45. The average Bonchev–Trinajstić information content (AvgIpc) is 2.92. The first kappa shape index (κ1) is 13.8. The highest BCUT2D eigenvalue weighted by molar-refractivity contribution is 9.10. The number of aromatic nitrogens is 1. The van der Waals surface area contributed by atoms with Crippen LogP contribution in [-0.4, -0.2) is 35.1 Å². The quantitative estimate of drug-likeness (QED) is 0.660. The molecular weight excluding hydrogens is 324 g/mol. The summed E-state index contributed by atoms with van der Waals surface area (Å²) in [6.45, 7) is 7.14. The van der Waals surface area contributed by atoms with Gasteiger partial charge in [0.25, 0.3) is 0 Å². The van der Waals surface area contributed by atoms with Gasteiger partial charge in [0.05, 0.1) is 9.40 Å². The molecule has 2 atom stereocenters. The zero-order valence-electron chi connectivity index (χ0n) is 11.5. The van der Waals surface area contributed by atoms with Gasteiger partial charge < -0.3 is 10.2 Å². The number of nitrogens with zero attached hydrogens (tertiary/aromatic N) is 3. The number of anilines is 1. The molecule has 1 aromatic rings. The van der Waals surface area contributed by atoms with E-state index < -0.39 is 0 Å². The van der Waals surface area contributed by atoms with Crippen LogP contribution in [0.15, 0.2) is 16.9 Å². The molecule has 0 saturated carbocycles. The Hall–Kier alpha value is -1.21. The van der Waals surface area contributed by atoms with Crippen molar-refractivity contribution in [2.45, 2.75) is 19.4 Å². The third kappa shape index (κ3) is 1.91. The molecule has 3 rings (SSSR count). The fourth-order valence-corrected chi connectivity index (χ4v) is 4.16. The first-order valence-electron chi connectivity index (χ1n) is 6.69. The Labute approximate surface area is 125 Å². The molecule has 0 bridgehead atoms. The smallest absolute Gasteiger partial charge is 0.311 e. The van der Waals surface area contributed by atoms with Gasteiger partial charge in [-0.15, -0.1) is 0 Å². The Morgan fingerprint density at radius 2 is 2.25 bits per heavy atom. The molecule has 2 aliphatic heterocycles. The van der Waals surface area contributed by atoms with Crippen LogP contribution in [0.2, 0.25) is 0 Å². The summed E-state index contributed by atoms with van der Waals surface area (Å²) in [5.41, 5.74) is 0.618. The van der Waals surface area contributed by atoms with Gasteiger partial charge in [0.2, 0.25) is 0 Å². The highest BCUT2D eigenvalue weighted by atomic mass is 79.9. The van der Waals surface area contributed by atoms with Crippen molar-refractivity contribution in [2.24, 2.45) is 11.8 Å². The molecule has 0 aliphatic carbocycles. The Kier molecular flexibility index (Phi) is 3.21. The SMILES string of the molecule is CC1(C)C2CNCC2CN1c1c(Br)cncc1[N+](=O)[O-]. The topological polar surface area (TPSA) is 71.3 Å². The maximum atomic E-state index is 11.3. The van der Waals surface area contributed by atoms with Crippen LogP contribution >= 0.6 is 15.9 Å². The molecule has 7 heteroatoms. The lowest BCUT2D eigenvalue weighted by molar-refractivity contribution is -0.384.